The molecule has 0 heterocycles. The van der Waals surface area contributed by atoms with Crippen molar-refractivity contribution in [1.82, 2.24) is 0 Å². The second-order valence-corrected chi connectivity index (χ2v) is 5.00. The molecule has 2 rings (SSSR count). The van der Waals surface area contributed by atoms with Crippen molar-refractivity contribution in [1.29, 1.82) is 0 Å². The standard InChI is InChI=1S/C15H21NO3/c1-4-19-12-9-15(10-12,14(17)18-3)16-13-8-6-5-7-11(13)2/h5-8,12,16H,4,9-10H2,1-3H3. The summed E-state index contributed by atoms with van der Waals surface area (Å²) in [5, 5.41) is 3.34. The van der Waals surface area contributed by atoms with Crippen LogP contribution in [0.4, 0.5) is 5.69 Å². The van der Waals surface area contributed by atoms with Crippen LogP contribution in [0.15, 0.2) is 24.3 Å². The van der Waals surface area contributed by atoms with Gasteiger partial charge >= 0.3 is 5.97 Å². The molecule has 0 aromatic heterocycles. The van der Waals surface area contributed by atoms with E-state index in [2.05, 4.69) is 5.32 Å². The second-order valence-electron chi connectivity index (χ2n) is 5.00. The van der Waals surface area contributed by atoms with Gasteiger partial charge in [0.2, 0.25) is 0 Å². The maximum Gasteiger partial charge on any atom is 0.331 e. The van der Waals surface area contributed by atoms with Crippen LogP contribution in [-0.4, -0.2) is 31.3 Å². The summed E-state index contributed by atoms with van der Waals surface area (Å²) in [6, 6.07) is 7.94. The van der Waals surface area contributed by atoms with E-state index in [0.29, 0.717) is 19.4 Å². The number of methoxy groups -OCH3 is 1. The number of carbonyl (C=O) groups is 1. The maximum atomic E-state index is 12.0. The van der Waals surface area contributed by atoms with E-state index in [-0.39, 0.29) is 12.1 Å². The van der Waals surface area contributed by atoms with Gasteiger partial charge in [-0.3, -0.25) is 0 Å². The Balaban J connectivity index is 2.13. The molecule has 0 radical (unpaired) electrons. The Bertz CT molecular complexity index is 452. The maximum absolute atomic E-state index is 12.0. The normalized spacial score (nSPS) is 25.5. The van der Waals surface area contributed by atoms with Crippen molar-refractivity contribution < 1.29 is 14.3 Å². The van der Waals surface area contributed by atoms with Gasteiger partial charge in [0.1, 0.15) is 5.54 Å². The Labute approximate surface area is 114 Å². The first-order chi connectivity index (χ1) is 9.11. The summed E-state index contributed by atoms with van der Waals surface area (Å²) in [6.45, 7) is 4.66. The molecule has 104 valence electrons. The first kappa shape index (κ1) is 13.9. The molecule has 4 heteroatoms. The van der Waals surface area contributed by atoms with Crippen LogP contribution in [0.25, 0.3) is 0 Å². The summed E-state index contributed by atoms with van der Waals surface area (Å²) >= 11 is 0. The Kier molecular flexibility index (Phi) is 4.10. The average molecular weight is 263 g/mol. The number of rotatable bonds is 5. The van der Waals surface area contributed by atoms with E-state index in [9.17, 15) is 4.79 Å². The molecule has 19 heavy (non-hydrogen) atoms. The van der Waals surface area contributed by atoms with E-state index in [1.54, 1.807) is 0 Å². The van der Waals surface area contributed by atoms with Gasteiger partial charge in [-0.05, 0) is 25.5 Å². The average Bonchev–Trinajstić information content (AvgIpc) is 2.37. The van der Waals surface area contributed by atoms with E-state index in [0.717, 1.165) is 11.3 Å². The van der Waals surface area contributed by atoms with Crippen LogP contribution in [-0.2, 0) is 14.3 Å². The number of anilines is 1. The lowest BCUT2D eigenvalue weighted by atomic mass is 9.73. The van der Waals surface area contributed by atoms with Gasteiger partial charge in [-0.15, -0.1) is 0 Å². The highest BCUT2D eigenvalue weighted by molar-refractivity contribution is 5.86. The van der Waals surface area contributed by atoms with Gasteiger partial charge in [0.25, 0.3) is 0 Å². The summed E-state index contributed by atoms with van der Waals surface area (Å²) < 4.78 is 10.5. The second kappa shape index (κ2) is 5.61. The lowest BCUT2D eigenvalue weighted by Gasteiger charge is -2.45. The lowest BCUT2D eigenvalue weighted by Crippen LogP contribution is -2.60. The first-order valence-electron chi connectivity index (χ1n) is 6.65. The number of para-hydroxylation sites is 1. The first-order valence-corrected chi connectivity index (χ1v) is 6.65. The number of benzene rings is 1. The summed E-state index contributed by atoms with van der Waals surface area (Å²) in [4.78, 5) is 12.0. The molecule has 4 nitrogen and oxygen atoms in total. The number of hydrogen-bond donors (Lipinski definition) is 1. The summed E-state index contributed by atoms with van der Waals surface area (Å²) in [6.07, 6.45) is 1.45. The van der Waals surface area contributed by atoms with Crippen LogP contribution in [0.2, 0.25) is 0 Å². The predicted molar refractivity (Wildman–Crippen MR) is 74.2 cm³/mol. The number of nitrogens with one attached hydrogen (secondary N) is 1. The lowest BCUT2D eigenvalue weighted by molar-refractivity contribution is -0.155. The van der Waals surface area contributed by atoms with Crippen LogP contribution < -0.4 is 5.32 Å². The molecule has 0 bridgehead atoms. The fourth-order valence-corrected chi connectivity index (χ4v) is 2.56. The summed E-state index contributed by atoms with van der Waals surface area (Å²) in [7, 11) is 1.43. The van der Waals surface area contributed by atoms with Gasteiger partial charge in [-0.25, -0.2) is 4.79 Å². The third kappa shape index (κ3) is 2.73. The van der Waals surface area contributed by atoms with Crippen molar-refractivity contribution in [2.75, 3.05) is 19.0 Å². The number of esters is 1. The Morgan fingerprint density at radius 2 is 2.11 bits per heavy atom. The van der Waals surface area contributed by atoms with Gasteiger partial charge in [-0.2, -0.15) is 0 Å². The number of ether oxygens (including phenoxy) is 2. The van der Waals surface area contributed by atoms with Crippen LogP contribution in [0.5, 0.6) is 0 Å². The number of hydrogen-bond acceptors (Lipinski definition) is 4. The van der Waals surface area contributed by atoms with Crippen LogP contribution in [0.1, 0.15) is 25.3 Å². The zero-order valence-electron chi connectivity index (χ0n) is 11.7. The zero-order valence-corrected chi connectivity index (χ0v) is 11.7. The van der Waals surface area contributed by atoms with Gasteiger partial charge in [0.15, 0.2) is 0 Å². The molecule has 1 aromatic rings. The number of carbonyl (C=O) groups excluding carboxylic acids is 1. The molecule has 1 fully saturated rings. The molecule has 1 saturated carbocycles. The minimum atomic E-state index is -0.638. The molecule has 1 aliphatic carbocycles. The van der Waals surface area contributed by atoms with Crippen molar-refractivity contribution in [3.63, 3.8) is 0 Å². The molecule has 0 atom stereocenters. The van der Waals surface area contributed by atoms with E-state index in [1.807, 2.05) is 38.1 Å². The quantitative estimate of drug-likeness (QED) is 0.829. The van der Waals surface area contributed by atoms with Gasteiger partial charge in [-0.1, -0.05) is 18.2 Å². The van der Waals surface area contributed by atoms with Crippen molar-refractivity contribution in [2.24, 2.45) is 0 Å². The number of aryl methyl sites for hydroxylation is 1. The van der Waals surface area contributed by atoms with Gasteiger partial charge in [0, 0.05) is 25.1 Å². The van der Waals surface area contributed by atoms with Gasteiger partial charge in [0.05, 0.1) is 13.2 Å². The van der Waals surface area contributed by atoms with Crippen molar-refractivity contribution in [3.05, 3.63) is 29.8 Å². The topological polar surface area (TPSA) is 47.6 Å². The molecule has 0 spiro atoms. The fourth-order valence-electron chi connectivity index (χ4n) is 2.56. The molecule has 1 N–H and O–H groups in total. The Hall–Kier alpha value is -1.55. The van der Waals surface area contributed by atoms with Crippen molar-refractivity contribution in [3.8, 4) is 0 Å². The largest absolute Gasteiger partial charge is 0.467 e. The Morgan fingerprint density at radius 3 is 2.68 bits per heavy atom. The van der Waals surface area contributed by atoms with Gasteiger partial charge < -0.3 is 14.8 Å². The highest BCUT2D eigenvalue weighted by atomic mass is 16.5. The Morgan fingerprint density at radius 1 is 1.42 bits per heavy atom. The van der Waals surface area contributed by atoms with E-state index in [4.69, 9.17) is 9.47 Å². The molecule has 0 aliphatic heterocycles. The van der Waals surface area contributed by atoms with Crippen molar-refractivity contribution >= 4 is 11.7 Å². The SMILES string of the molecule is CCOC1CC(Nc2ccccc2C)(C(=O)OC)C1. The molecule has 0 saturated heterocycles. The molecular weight excluding hydrogens is 242 g/mol. The van der Waals surface area contributed by atoms with Crippen LogP contribution >= 0.6 is 0 Å². The minimum absolute atomic E-state index is 0.139. The monoisotopic (exact) mass is 263 g/mol. The highest BCUT2D eigenvalue weighted by Crippen LogP contribution is 2.39. The summed E-state index contributed by atoms with van der Waals surface area (Å²) in [5.74, 6) is -0.216. The smallest absolute Gasteiger partial charge is 0.331 e. The molecule has 1 aliphatic rings. The van der Waals surface area contributed by atoms with Crippen molar-refractivity contribution in [2.45, 2.75) is 38.3 Å². The molecular formula is C15H21NO3. The van der Waals surface area contributed by atoms with Crippen LogP contribution in [0.3, 0.4) is 0 Å². The van der Waals surface area contributed by atoms with E-state index in [1.165, 1.54) is 7.11 Å². The molecule has 1 aromatic carbocycles. The molecule has 0 amide bonds. The predicted octanol–water partition coefficient (Wildman–Crippen LogP) is 2.52. The third-order valence-corrected chi connectivity index (χ3v) is 3.65. The zero-order chi connectivity index (χ0) is 13.9. The van der Waals surface area contributed by atoms with E-state index < -0.39 is 5.54 Å². The van der Waals surface area contributed by atoms with E-state index >= 15 is 0 Å². The third-order valence-electron chi connectivity index (χ3n) is 3.65. The molecule has 0 unspecified atom stereocenters. The fraction of sp³-hybridized carbons (Fsp3) is 0.533. The summed E-state index contributed by atoms with van der Waals surface area (Å²) in [5.41, 5.74) is 1.45. The minimum Gasteiger partial charge on any atom is -0.467 e. The highest BCUT2D eigenvalue weighted by Gasteiger charge is 2.52. The van der Waals surface area contributed by atoms with Crippen LogP contribution in [0, 0.1) is 6.92 Å².